The Labute approximate surface area is 184 Å². The molecule has 2 N–H and O–H groups in total. The van der Waals surface area contributed by atoms with Crippen molar-refractivity contribution in [1.82, 2.24) is 19.3 Å². The fraction of sp³-hybridized carbons (Fsp3) is 0.227. The van der Waals surface area contributed by atoms with Gasteiger partial charge in [0.05, 0.1) is 42.1 Å². The minimum Gasteiger partial charge on any atom is -0.394 e. The topological polar surface area (TPSA) is 85.0 Å². The number of hydrogen-bond donors (Lipinski definition) is 2. The molecule has 0 amide bonds. The van der Waals surface area contributed by atoms with Crippen molar-refractivity contribution in [3.05, 3.63) is 82.5 Å². The number of nitrogens with one attached hydrogen (secondary N) is 1. The Morgan fingerprint density at radius 2 is 1.91 bits per heavy atom. The van der Waals surface area contributed by atoms with Crippen LogP contribution in [0.3, 0.4) is 0 Å². The van der Waals surface area contributed by atoms with Crippen molar-refractivity contribution >= 4 is 16.7 Å². The zero-order valence-corrected chi connectivity index (χ0v) is 17.3. The van der Waals surface area contributed by atoms with Gasteiger partial charge in [-0.15, -0.1) is 0 Å². The number of fused-ring (bicyclic) bond motifs is 1. The van der Waals surface area contributed by atoms with E-state index in [1.165, 1.54) is 29.2 Å². The van der Waals surface area contributed by atoms with E-state index in [4.69, 9.17) is 0 Å². The Morgan fingerprint density at radius 1 is 1.15 bits per heavy atom. The maximum absolute atomic E-state index is 14.5. The quantitative estimate of drug-likeness (QED) is 0.413. The molecule has 0 fully saturated rings. The predicted molar refractivity (Wildman–Crippen MR) is 114 cm³/mol. The van der Waals surface area contributed by atoms with Crippen LogP contribution in [0.1, 0.15) is 12.5 Å². The minimum atomic E-state index is -2.93. The third kappa shape index (κ3) is 4.19. The molecule has 4 aromatic rings. The Kier molecular flexibility index (Phi) is 5.90. The fourth-order valence-electron chi connectivity index (χ4n) is 3.32. The summed E-state index contributed by atoms with van der Waals surface area (Å²) in [7, 11) is 0. The van der Waals surface area contributed by atoms with Gasteiger partial charge in [0.15, 0.2) is 5.82 Å². The molecule has 3 heterocycles. The van der Waals surface area contributed by atoms with Crippen molar-refractivity contribution in [3.63, 3.8) is 0 Å². The van der Waals surface area contributed by atoms with Crippen LogP contribution < -0.4 is 10.9 Å². The molecule has 0 spiro atoms. The van der Waals surface area contributed by atoms with Crippen molar-refractivity contribution < 1.29 is 22.7 Å². The summed E-state index contributed by atoms with van der Waals surface area (Å²) in [4.78, 5) is 16.8. The molecule has 1 atom stereocenters. The van der Waals surface area contributed by atoms with Crippen LogP contribution in [-0.2, 0) is 6.54 Å². The molecular weight excluding hydrogens is 442 g/mol. The molecule has 0 saturated heterocycles. The van der Waals surface area contributed by atoms with Gasteiger partial charge in [0.25, 0.3) is 12.0 Å². The van der Waals surface area contributed by atoms with Gasteiger partial charge in [-0.1, -0.05) is 18.2 Å². The van der Waals surface area contributed by atoms with E-state index in [0.29, 0.717) is 11.1 Å². The second-order valence-corrected chi connectivity index (χ2v) is 7.71. The number of halogens is 4. The minimum absolute atomic E-state index is 0.0880. The normalized spacial score (nSPS) is 13.4. The number of aliphatic hydroxyl groups excluding tert-OH is 1. The van der Waals surface area contributed by atoms with Gasteiger partial charge in [-0.3, -0.25) is 14.0 Å². The highest BCUT2D eigenvalue weighted by atomic mass is 19.3. The smallest absolute Gasteiger partial charge is 0.266 e. The first-order chi connectivity index (χ1) is 15.7. The fourth-order valence-corrected chi connectivity index (χ4v) is 3.32. The number of alkyl halides is 2. The average molecular weight is 461 g/mol. The molecule has 0 aliphatic carbocycles. The lowest BCUT2D eigenvalue weighted by atomic mass is 10.1. The zero-order valence-electron chi connectivity index (χ0n) is 17.3. The number of aliphatic hydroxyl groups is 1. The molecule has 11 heteroatoms. The summed E-state index contributed by atoms with van der Waals surface area (Å²) in [6, 6.07) is 8.80. The molecule has 0 aliphatic rings. The first-order valence-corrected chi connectivity index (χ1v) is 9.87. The molecule has 1 unspecified atom stereocenters. The lowest BCUT2D eigenvalue weighted by Gasteiger charge is -2.28. The molecule has 172 valence electrons. The second kappa shape index (κ2) is 8.66. The molecule has 4 rings (SSSR count). The summed E-state index contributed by atoms with van der Waals surface area (Å²) < 4.78 is 57.5. The first kappa shape index (κ1) is 22.5. The molecule has 0 aliphatic heterocycles. The summed E-state index contributed by atoms with van der Waals surface area (Å²) in [5.41, 5.74) is -2.05. The zero-order chi connectivity index (χ0) is 23.8. The van der Waals surface area contributed by atoms with Crippen molar-refractivity contribution in [2.24, 2.45) is 0 Å². The molecular formula is C22H19F4N5O2. The molecule has 0 radical (unpaired) electrons. The van der Waals surface area contributed by atoms with Crippen LogP contribution in [-0.4, -0.2) is 43.0 Å². The van der Waals surface area contributed by atoms with E-state index < -0.39 is 35.8 Å². The van der Waals surface area contributed by atoms with Gasteiger partial charge >= 0.3 is 0 Å². The monoisotopic (exact) mass is 461 g/mol. The molecule has 1 aromatic carbocycles. The van der Waals surface area contributed by atoms with E-state index in [9.17, 15) is 27.5 Å². The van der Waals surface area contributed by atoms with Crippen molar-refractivity contribution in [1.29, 1.82) is 0 Å². The van der Waals surface area contributed by atoms with Crippen LogP contribution in [0, 0.1) is 11.6 Å². The lowest BCUT2D eigenvalue weighted by molar-refractivity contribution is 0.0401. The second-order valence-electron chi connectivity index (χ2n) is 7.71. The average Bonchev–Trinajstić information content (AvgIpc) is 3.20. The van der Waals surface area contributed by atoms with Gasteiger partial charge in [-0.2, -0.15) is 5.10 Å². The van der Waals surface area contributed by atoms with E-state index in [1.807, 2.05) is 0 Å². The standard InChI is InChI=1S/C22H19F4N5O2/c1-22(12-32,21(25)26)29-19-8-18(16(24)10-27-19)30-7-6-17-14(20(30)33)9-28-31(17)11-13-4-2-3-5-15(13)23/h2-10,21,32H,11-12H2,1H3,(H,27,29). The van der Waals surface area contributed by atoms with Crippen LogP contribution >= 0.6 is 0 Å². The largest absolute Gasteiger partial charge is 0.394 e. The summed E-state index contributed by atoms with van der Waals surface area (Å²) in [5, 5.41) is 16.0. The number of nitrogens with zero attached hydrogens (tertiary/aromatic N) is 4. The maximum Gasteiger partial charge on any atom is 0.266 e. The summed E-state index contributed by atoms with van der Waals surface area (Å²) >= 11 is 0. The molecule has 33 heavy (non-hydrogen) atoms. The Hall–Kier alpha value is -3.73. The first-order valence-electron chi connectivity index (χ1n) is 9.87. The van der Waals surface area contributed by atoms with Gasteiger partial charge in [0.1, 0.15) is 17.2 Å². The summed E-state index contributed by atoms with van der Waals surface area (Å²) in [5.74, 6) is -1.42. The van der Waals surface area contributed by atoms with Crippen LogP contribution in [0.15, 0.2) is 59.8 Å². The lowest BCUT2D eigenvalue weighted by Crippen LogP contribution is -2.46. The molecule has 0 saturated carbocycles. The van der Waals surface area contributed by atoms with Crippen LogP contribution in [0.4, 0.5) is 23.4 Å². The van der Waals surface area contributed by atoms with E-state index in [2.05, 4.69) is 15.4 Å². The number of benzene rings is 1. The molecule has 0 bridgehead atoms. The van der Waals surface area contributed by atoms with Gasteiger partial charge in [-0.25, -0.2) is 22.5 Å². The molecule has 7 nitrogen and oxygen atoms in total. The van der Waals surface area contributed by atoms with E-state index in [0.717, 1.165) is 23.8 Å². The highest BCUT2D eigenvalue weighted by molar-refractivity contribution is 5.78. The SMILES string of the molecule is CC(CO)(Nc1cc(-n2ccc3c(cnn3Cc3ccccc3F)c2=O)c(F)cn1)C(F)F. The van der Waals surface area contributed by atoms with Gasteiger partial charge in [-0.05, 0) is 19.1 Å². The third-order valence-corrected chi connectivity index (χ3v) is 5.31. The third-order valence-electron chi connectivity index (χ3n) is 5.31. The van der Waals surface area contributed by atoms with Crippen molar-refractivity contribution in [2.75, 3.05) is 11.9 Å². The highest BCUT2D eigenvalue weighted by Gasteiger charge is 2.35. The predicted octanol–water partition coefficient (Wildman–Crippen LogP) is 3.34. The van der Waals surface area contributed by atoms with Crippen LogP contribution in [0.5, 0.6) is 0 Å². The van der Waals surface area contributed by atoms with Gasteiger partial charge in [0, 0.05) is 17.8 Å². The van der Waals surface area contributed by atoms with Gasteiger partial charge < -0.3 is 10.4 Å². The van der Waals surface area contributed by atoms with Gasteiger partial charge in [0.2, 0.25) is 0 Å². The van der Waals surface area contributed by atoms with E-state index >= 15 is 0 Å². The number of rotatable bonds is 7. The Bertz CT molecular complexity index is 1370. The number of hydrogen-bond acceptors (Lipinski definition) is 5. The maximum atomic E-state index is 14.5. The van der Waals surface area contributed by atoms with Crippen molar-refractivity contribution in [2.45, 2.75) is 25.4 Å². The van der Waals surface area contributed by atoms with E-state index in [-0.39, 0.29) is 23.4 Å². The summed E-state index contributed by atoms with van der Waals surface area (Å²) in [6.07, 6.45) is 0.466. The Morgan fingerprint density at radius 3 is 2.61 bits per heavy atom. The van der Waals surface area contributed by atoms with Crippen molar-refractivity contribution in [3.8, 4) is 5.69 Å². The van der Waals surface area contributed by atoms with Crippen LogP contribution in [0.25, 0.3) is 16.6 Å². The number of pyridine rings is 2. The Balaban J connectivity index is 1.73. The molecule has 3 aromatic heterocycles. The highest BCUT2D eigenvalue weighted by Crippen LogP contribution is 2.23. The number of aromatic nitrogens is 4. The number of anilines is 1. The van der Waals surface area contributed by atoms with E-state index in [1.54, 1.807) is 18.2 Å². The van der Waals surface area contributed by atoms with Crippen LogP contribution in [0.2, 0.25) is 0 Å². The summed E-state index contributed by atoms with van der Waals surface area (Å²) in [6.45, 7) is 0.279.